The van der Waals surface area contributed by atoms with E-state index >= 15 is 0 Å². The van der Waals surface area contributed by atoms with Gasteiger partial charge < -0.3 is 11.1 Å². The van der Waals surface area contributed by atoms with Crippen molar-refractivity contribution in [3.8, 4) is 6.07 Å². The highest BCUT2D eigenvalue weighted by Gasteiger charge is 2.31. The van der Waals surface area contributed by atoms with E-state index in [4.69, 9.17) is 22.6 Å². The summed E-state index contributed by atoms with van der Waals surface area (Å²) >= 11 is 5.61. The van der Waals surface area contributed by atoms with Crippen molar-refractivity contribution in [1.29, 1.82) is 5.26 Å². The van der Waals surface area contributed by atoms with E-state index in [0.717, 1.165) is 18.2 Å². The van der Waals surface area contributed by atoms with Crippen LogP contribution in [0.1, 0.15) is 11.1 Å². The van der Waals surface area contributed by atoms with Gasteiger partial charge in [0.25, 0.3) is 0 Å². The van der Waals surface area contributed by atoms with Crippen molar-refractivity contribution >= 4 is 28.8 Å². The predicted molar refractivity (Wildman–Crippen MR) is 70.9 cm³/mol. The maximum atomic E-state index is 12.6. The molecule has 5 nitrogen and oxygen atoms in total. The van der Waals surface area contributed by atoms with Crippen LogP contribution in [0.5, 0.6) is 0 Å². The molecule has 0 saturated heterocycles. The molecule has 9 heteroatoms. The minimum absolute atomic E-state index is 0.0860. The lowest BCUT2D eigenvalue weighted by Crippen LogP contribution is -2.07. The second kappa shape index (κ2) is 5.46. The first-order valence-corrected chi connectivity index (χ1v) is 5.85. The SMILES string of the molecule is N#Cc1cc(C(F)(F)F)ccc1Nc1nc(Cl)ncc1N. The van der Waals surface area contributed by atoms with Gasteiger partial charge in [-0.25, -0.2) is 4.98 Å². The van der Waals surface area contributed by atoms with E-state index in [0.29, 0.717) is 0 Å². The number of benzene rings is 1. The fraction of sp³-hybridized carbons (Fsp3) is 0.0833. The second-order valence-corrected chi connectivity index (χ2v) is 4.28. The van der Waals surface area contributed by atoms with Gasteiger partial charge in [-0.15, -0.1) is 0 Å². The third-order valence-electron chi connectivity index (χ3n) is 2.51. The van der Waals surface area contributed by atoms with E-state index in [2.05, 4.69) is 15.3 Å². The summed E-state index contributed by atoms with van der Waals surface area (Å²) in [7, 11) is 0. The average Bonchev–Trinajstić information content (AvgIpc) is 2.42. The van der Waals surface area contributed by atoms with Crippen molar-refractivity contribution in [2.45, 2.75) is 6.18 Å². The predicted octanol–water partition coefficient (Wildman–Crippen LogP) is 3.35. The van der Waals surface area contributed by atoms with Crippen molar-refractivity contribution in [3.05, 3.63) is 40.8 Å². The molecule has 0 unspecified atom stereocenters. The van der Waals surface area contributed by atoms with Gasteiger partial charge in [0.15, 0.2) is 5.82 Å². The number of alkyl halides is 3. The minimum atomic E-state index is -4.53. The average molecular weight is 314 g/mol. The van der Waals surface area contributed by atoms with Crippen LogP contribution in [0.2, 0.25) is 5.28 Å². The lowest BCUT2D eigenvalue weighted by atomic mass is 10.1. The monoisotopic (exact) mass is 313 g/mol. The molecule has 0 aliphatic heterocycles. The van der Waals surface area contributed by atoms with Gasteiger partial charge in [0.05, 0.1) is 28.7 Å². The Morgan fingerprint density at radius 2 is 2.05 bits per heavy atom. The van der Waals surface area contributed by atoms with E-state index in [1.807, 2.05) is 0 Å². The van der Waals surface area contributed by atoms with Crippen LogP contribution in [0.4, 0.5) is 30.4 Å². The molecule has 0 atom stereocenters. The summed E-state index contributed by atoms with van der Waals surface area (Å²) in [6.45, 7) is 0. The molecule has 0 aliphatic rings. The quantitative estimate of drug-likeness (QED) is 0.830. The number of hydrogen-bond acceptors (Lipinski definition) is 5. The Kier molecular flexibility index (Phi) is 3.86. The first-order valence-electron chi connectivity index (χ1n) is 5.47. The maximum absolute atomic E-state index is 12.6. The van der Waals surface area contributed by atoms with Gasteiger partial charge in [-0.05, 0) is 29.8 Å². The molecule has 0 spiro atoms. The number of anilines is 3. The highest BCUT2D eigenvalue weighted by molar-refractivity contribution is 6.28. The number of nitrogens with two attached hydrogens (primary N) is 1. The Morgan fingerprint density at radius 3 is 2.67 bits per heavy atom. The normalized spacial score (nSPS) is 11.0. The fourth-order valence-corrected chi connectivity index (χ4v) is 1.65. The van der Waals surface area contributed by atoms with Gasteiger partial charge in [0, 0.05) is 0 Å². The Labute approximate surface area is 122 Å². The number of nitriles is 1. The molecule has 0 fully saturated rings. The number of hydrogen-bond donors (Lipinski definition) is 2. The third kappa shape index (κ3) is 3.32. The summed E-state index contributed by atoms with van der Waals surface area (Å²) in [5.74, 6) is 0.103. The number of nitrogen functional groups attached to an aromatic ring is 1. The highest BCUT2D eigenvalue weighted by Crippen LogP contribution is 2.32. The van der Waals surface area contributed by atoms with Gasteiger partial charge in [0.1, 0.15) is 6.07 Å². The van der Waals surface area contributed by atoms with E-state index in [1.54, 1.807) is 6.07 Å². The smallest absolute Gasteiger partial charge is 0.394 e. The Balaban J connectivity index is 2.41. The molecule has 21 heavy (non-hydrogen) atoms. The van der Waals surface area contributed by atoms with Crippen LogP contribution in [0.25, 0.3) is 0 Å². The van der Waals surface area contributed by atoms with Crippen molar-refractivity contribution in [2.24, 2.45) is 0 Å². The molecule has 1 heterocycles. The fourth-order valence-electron chi connectivity index (χ4n) is 1.52. The summed E-state index contributed by atoms with van der Waals surface area (Å²) in [5, 5.41) is 11.5. The highest BCUT2D eigenvalue weighted by atomic mass is 35.5. The molecule has 0 saturated carbocycles. The van der Waals surface area contributed by atoms with Crippen molar-refractivity contribution in [2.75, 3.05) is 11.1 Å². The molecular formula is C12H7ClF3N5. The molecule has 108 valence electrons. The third-order valence-corrected chi connectivity index (χ3v) is 2.69. The lowest BCUT2D eigenvalue weighted by molar-refractivity contribution is -0.137. The van der Waals surface area contributed by atoms with Crippen molar-refractivity contribution in [3.63, 3.8) is 0 Å². The zero-order valence-corrected chi connectivity index (χ0v) is 11.0. The molecule has 2 rings (SSSR count). The van der Waals surface area contributed by atoms with Crippen LogP contribution in [-0.2, 0) is 6.18 Å². The second-order valence-electron chi connectivity index (χ2n) is 3.94. The van der Waals surface area contributed by atoms with E-state index in [9.17, 15) is 13.2 Å². The summed E-state index contributed by atoms with van der Waals surface area (Å²) in [5.41, 5.74) is 4.78. The van der Waals surface area contributed by atoms with Gasteiger partial charge >= 0.3 is 6.18 Å². The molecule has 3 N–H and O–H groups in total. The van der Waals surface area contributed by atoms with Gasteiger partial charge in [-0.2, -0.15) is 23.4 Å². The van der Waals surface area contributed by atoms with Gasteiger partial charge in [-0.3, -0.25) is 0 Å². The molecule has 1 aromatic heterocycles. The van der Waals surface area contributed by atoms with E-state index in [1.165, 1.54) is 6.20 Å². The van der Waals surface area contributed by atoms with Crippen LogP contribution in [0.3, 0.4) is 0 Å². The molecule has 0 aliphatic carbocycles. The number of aromatic nitrogens is 2. The zero-order chi connectivity index (χ0) is 15.6. The van der Waals surface area contributed by atoms with Gasteiger partial charge in [-0.1, -0.05) is 0 Å². The Morgan fingerprint density at radius 1 is 1.33 bits per heavy atom. The molecule has 0 bridgehead atoms. The lowest BCUT2D eigenvalue weighted by Gasteiger charge is -2.12. The summed E-state index contributed by atoms with van der Waals surface area (Å²) in [6.07, 6.45) is -3.28. The summed E-state index contributed by atoms with van der Waals surface area (Å²) in [4.78, 5) is 7.45. The number of rotatable bonds is 2. The maximum Gasteiger partial charge on any atom is 0.416 e. The van der Waals surface area contributed by atoms with Crippen LogP contribution >= 0.6 is 11.6 Å². The summed E-state index contributed by atoms with van der Waals surface area (Å²) in [6, 6.07) is 4.39. The minimum Gasteiger partial charge on any atom is -0.394 e. The molecular weight excluding hydrogens is 307 g/mol. The molecule has 2 aromatic rings. The largest absolute Gasteiger partial charge is 0.416 e. The molecule has 0 radical (unpaired) electrons. The first kappa shape index (κ1) is 14.9. The molecule has 1 aromatic carbocycles. The van der Waals surface area contributed by atoms with Crippen LogP contribution in [0.15, 0.2) is 24.4 Å². The first-order chi connectivity index (χ1) is 9.81. The molecule has 0 amide bonds. The Bertz CT molecular complexity index is 724. The van der Waals surface area contributed by atoms with Crippen LogP contribution < -0.4 is 11.1 Å². The van der Waals surface area contributed by atoms with Gasteiger partial charge in [0.2, 0.25) is 5.28 Å². The van der Waals surface area contributed by atoms with E-state index in [-0.39, 0.29) is 28.0 Å². The van der Waals surface area contributed by atoms with Crippen molar-refractivity contribution < 1.29 is 13.2 Å². The Hall–Kier alpha value is -2.53. The summed E-state index contributed by atoms with van der Waals surface area (Å²) < 4.78 is 37.8. The number of nitrogens with zero attached hydrogens (tertiary/aromatic N) is 3. The van der Waals surface area contributed by atoms with Crippen LogP contribution in [-0.4, -0.2) is 9.97 Å². The van der Waals surface area contributed by atoms with Crippen molar-refractivity contribution in [1.82, 2.24) is 9.97 Å². The number of halogens is 4. The standard InChI is InChI=1S/C12H7ClF3N5/c13-11-19-5-8(18)10(21-11)20-9-2-1-7(12(14,15)16)3-6(9)4-17/h1-3,5H,18H2,(H,19,20,21). The van der Waals surface area contributed by atoms with Crippen LogP contribution in [0, 0.1) is 11.3 Å². The number of nitrogens with one attached hydrogen (secondary N) is 1. The van der Waals surface area contributed by atoms with E-state index < -0.39 is 11.7 Å². The topological polar surface area (TPSA) is 87.6 Å². The zero-order valence-electron chi connectivity index (χ0n) is 10.2.